The Hall–Kier alpha value is -2.85. The van der Waals surface area contributed by atoms with Crippen LogP contribution in [-0.2, 0) is 14.3 Å². The average Bonchev–Trinajstić information content (AvgIpc) is 3.19. The maximum absolute atomic E-state index is 12.6. The first-order valence-electron chi connectivity index (χ1n) is 9.51. The highest BCUT2D eigenvalue weighted by Crippen LogP contribution is 2.33. The van der Waals surface area contributed by atoms with Gasteiger partial charge in [-0.1, -0.05) is 11.8 Å². The number of aryl methyl sites for hydroxylation is 1. The molecule has 0 saturated carbocycles. The van der Waals surface area contributed by atoms with Crippen molar-refractivity contribution in [3.8, 4) is 0 Å². The molecule has 164 valence electrons. The first-order chi connectivity index (χ1) is 14.7. The number of amides is 2. The van der Waals surface area contributed by atoms with E-state index in [0.29, 0.717) is 21.4 Å². The number of nitrogens with zero attached hydrogens (tertiary/aromatic N) is 2. The van der Waals surface area contributed by atoms with Gasteiger partial charge in [-0.2, -0.15) is 0 Å². The third kappa shape index (κ3) is 5.26. The van der Waals surface area contributed by atoms with Gasteiger partial charge in [0.25, 0.3) is 0 Å². The van der Waals surface area contributed by atoms with Crippen LogP contribution in [0.5, 0.6) is 0 Å². The zero-order chi connectivity index (χ0) is 22.7. The Morgan fingerprint density at radius 1 is 1.23 bits per heavy atom. The number of aliphatic imine (C=N–C) groups is 1. The van der Waals surface area contributed by atoms with Crippen LogP contribution >= 0.6 is 23.1 Å². The quantitative estimate of drug-likeness (QED) is 0.641. The largest absolute Gasteiger partial charge is 0.465 e. The molecule has 1 fully saturated rings. The Balaban J connectivity index is 1.66. The predicted molar refractivity (Wildman–Crippen MR) is 126 cm³/mol. The van der Waals surface area contributed by atoms with Crippen molar-refractivity contribution in [3.05, 3.63) is 40.3 Å². The molecule has 2 amide bonds. The van der Waals surface area contributed by atoms with E-state index in [1.807, 2.05) is 57.1 Å². The minimum absolute atomic E-state index is 0.0360. The molecule has 0 radical (unpaired) electrons. The van der Waals surface area contributed by atoms with Crippen LogP contribution in [0, 0.1) is 13.8 Å². The maximum atomic E-state index is 12.6. The Morgan fingerprint density at radius 2 is 1.90 bits per heavy atom. The van der Waals surface area contributed by atoms with Crippen LogP contribution in [0.1, 0.15) is 27.2 Å². The summed E-state index contributed by atoms with van der Waals surface area (Å²) in [5.41, 5.74) is 2.89. The highest BCUT2D eigenvalue weighted by Gasteiger charge is 2.33. The standard InChI is InChI=1S/C21H24N4O4S2/c1-11-12(2)30-19(17(11)20(28)29-5)23-16(26)10-15-18(27)24-21(31-15)22-13-6-8-14(9-7-13)25(3)4/h6-9,15H,10H2,1-5H3,(H,23,26)(H,22,24,27). The molecule has 0 bridgehead atoms. The second kappa shape index (κ2) is 9.52. The molecular formula is C21H24N4O4S2. The zero-order valence-electron chi connectivity index (χ0n) is 17.9. The summed E-state index contributed by atoms with van der Waals surface area (Å²) in [5.74, 6) is -1.12. The predicted octanol–water partition coefficient (Wildman–Crippen LogP) is 3.47. The third-order valence-electron chi connectivity index (χ3n) is 4.77. The Bertz CT molecular complexity index is 1040. The highest BCUT2D eigenvalue weighted by molar-refractivity contribution is 8.15. The molecule has 1 aromatic heterocycles. The van der Waals surface area contributed by atoms with Gasteiger partial charge in [-0.05, 0) is 43.7 Å². The Morgan fingerprint density at radius 3 is 2.52 bits per heavy atom. The summed E-state index contributed by atoms with van der Waals surface area (Å²) in [7, 11) is 5.21. The Kier molecular flexibility index (Phi) is 7.01. The molecule has 8 nitrogen and oxygen atoms in total. The molecule has 1 unspecified atom stereocenters. The van der Waals surface area contributed by atoms with Crippen LogP contribution in [0.25, 0.3) is 0 Å². The Labute approximate surface area is 189 Å². The molecule has 1 aliphatic heterocycles. The van der Waals surface area contributed by atoms with Gasteiger partial charge in [0.15, 0.2) is 5.17 Å². The van der Waals surface area contributed by atoms with E-state index in [9.17, 15) is 14.4 Å². The van der Waals surface area contributed by atoms with E-state index in [2.05, 4.69) is 15.6 Å². The number of esters is 1. The summed E-state index contributed by atoms with van der Waals surface area (Å²) in [6.07, 6.45) is -0.0360. The van der Waals surface area contributed by atoms with Crippen molar-refractivity contribution in [2.75, 3.05) is 31.4 Å². The number of methoxy groups -OCH3 is 1. The molecule has 2 heterocycles. The van der Waals surface area contributed by atoms with Gasteiger partial charge in [0.2, 0.25) is 11.8 Å². The summed E-state index contributed by atoms with van der Waals surface area (Å²) in [5, 5.41) is 5.78. The van der Waals surface area contributed by atoms with Crippen molar-refractivity contribution in [1.29, 1.82) is 0 Å². The van der Waals surface area contributed by atoms with Crippen molar-refractivity contribution >= 4 is 62.4 Å². The number of thiophene rings is 1. The average molecular weight is 461 g/mol. The van der Waals surface area contributed by atoms with Gasteiger partial charge < -0.3 is 20.3 Å². The van der Waals surface area contributed by atoms with Gasteiger partial charge >= 0.3 is 5.97 Å². The van der Waals surface area contributed by atoms with E-state index in [0.717, 1.165) is 16.1 Å². The number of hydrogen-bond acceptors (Lipinski definition) is 8. The van der Waals surface area contributed by atoms with Crippen molar-refractivity contribution < 1.29 is 19.1 Å². The highest BCUT2D eigenvalue weighted by atomic mass is 32.2. The van der Waals surface area contributed by atoms with Crippen LogP contribution in [-0.4, -0.2) is 49.4 Å². The molecule has 31 heavy (non-hydrogen) atoms. The van der Waals surface area contributed by atoms with Gasteiger partial charge in [-0.3, -0.25) is 9.59 Å². The lowest BCUT2D eigenvalue weighted by Gasteiger charge is -2.11. The number of anilines is 2. The maximum Gasteiger partial charge on any atom is 0.341 e. The number of rotatable bonds is 6. The summed E-state index contributed by atoms with van der Waals surface area (Å²) < 4.78 is 4.82. The van der Waals surface area contributed by atoms with E-state index < -0.39 is 11.2 Å². The summed E-state index contributed by atoms with van der Waals surface area (Å²) in [6.45, 7) is 3.68. The third-order valence-corrected chi connectivity index (χ3v) is 6.98. The van der Waals surface area contributed by atoms with Crippen LogP contribution in [0.15, 0.2) is 29.3 Å². The van der Waals surface area contributed by atoms with Gasteiger partial charge in [0.05, 0.1) is 18.4 Å². The van der Waals surface area contributed by atoms with E-state index in [1.54, 1.807) is 0 Å². The lowest BCUT2D eigenvalue weighted by atomic mass is 10.1. The molecule has 0 spiro atoms. The first-order valence-corrected chi connectivity index (χ1v) is 11.2. The molecular weight excluding hydrogens is 436 g/mol. The summed E-state index contributed by atoms with van der Waals surface area (Å²) in [6, 6.07) is 7.61. The van der Waals surface area contributed by atoms with Gasteiger partial charge in [-0.15, -0.1) is 11.3 Å². The second-order valence-corrected chi connectivity index (χ2v) is 9.57. The molecule has 1 saturated heterocycles. The molecule has 1 atom stereocenters. The number of benzene rings is 1. The molecule has 1 aliphatic rings. The number of ether oxygens (including phenoxy) is 1. The van der Waals surface area contributed by atoms with Crippen LogP contribution in [0.2, 0.25) is 0 Å². The number of nitrogens with one attached hydrogen (secondary N) is 2. The van der Waals surface area contributed by atoms with Crippen LogP contribution in [0.4, 0.5) is 16.4 Å². The SMILES string of the molecule is COC(=O)c1c(NC(=O)CC2SC(=Nc3ccc(N(C)C)cc3)NC2=O)sc(C)c1C. The van der Waals surface area contributed by atoms with Crippen molar-refractivity contribution in [2.24, 2.45) is 4.99 Å². The van der Waals surface area contributed by atoms with E-state index in [4.69, 9.17) is 4.74 Å². The molecule has 2 N–H and O–H groups in total. The van der Waals surface area contributed by atoms with Gasteiger partial charge in [0.1, 0.15) is 10.3 Å². The number of hydrogen-bond donors (Lipinski definition) is 2. The fraction of sp³-hybridized carbons (Fsp3) is 0.333. The first kappa shape index (κ1) is 22.8. The number of thioether (sulfide) groups is 1. The lowest BCUT2D eigenvalue weighted by Crippen LogP contribution is -2.28. The lowest BCUT2D eigenvalue weighted by molar-refractivity contribution is -0.122. The fourth-order valence-electron chi connectivity index (χ4n) is 2.94. The van der Waals surface area contributed by atoms with Crippen molar-refractivity contribution in [3.63, 3.8) is 0 Å². The molecule has 0 aliphatic carbocycles. The number of carbonyl (C=O) groups is 3. The molecule has 1 aromatic carbocycles. The van der Waals surface area contributed by atoms with E-state index in [1.165, 1.54) is 30.2 Å². The van der Waals surface area contributed by atoms with Gasteiger partial charge in [-0.25, -0.2) is 9.79 Å². The summed E-state index contributed by atoms with van der Waals surface area (Å²) >= 11 is 2.53. The minimum atomic E-state index is -0.594. The van der Waals surface area contributed by atoms with E-state index in [-0.39, 0.29) is 18.2 Å². The van der Waals surface area contributed by atoms with Crippen LogP contribution < -0.4 is 15.5 Å². The van der Waals surface area contributed by atoms with E-state index >= 15 is 0 Å². The van der Waals surface area contributed by atoms with Crippen LogP contribution in [0.3, 0.4) is 0 Å². The molecule has 3 rings (SSSR count). The zero-order valence-corrected chi connectivity index (χ0v) is 19.6. The fourth-order valence-corrected chi connectivity index (χ4v) is 5.00. The van der Waals surface area contributed by atoms with Crippen molar-refractivity contribution in [1.82, 2.24) is 5.32 Å². The topological polar surface area (TPSA) is 100 Å². The van der Waals surface area contributed by atoms with Crippen molar-refractivity contribution in [2.45, 2.75) is 25.5 Å². The second-order valence-electron chi connectivity index (χ2n) is 7.15. The van der Waals surface area contributed by atoms with Gasteiger partial charge in [0, 0.05) is 31.1 Å². The smallest absolute Gasteiger partial charge is 0.341 e. The number of amidine groups is 1. The molecule has 10 heteroatoms. The monoisotopic (exact) mass is 460 g/mol. The molecule has 2 aromatic rings. The number of carbonyl (C=O) groups excluding carboxylic acids is 3. The summed E-state index contributed by atoms with van der Waals surface area (Å²) in [4.78, 5) is 44.3. The normalized spacial score (nSPS) is 16.9. The minimum Gasteiger partial charge on any atom is -0.465 e.